The summed E-state index contributed by atoms with van der Waals surface area (Å²) >= 11 is 3.18. The van der Waals surface area contributed by atoms with Gasteiger partial charge in [0.25, 0.3) is 0 Å². The number of nitro groups is 1. The molecule has 0 aliphatic carbocycles. The second-order valence-electron chi connectivity index (χ2n) is 5.00. The molecule has 0 spiro atoms. The number of aliphatic hydroxyl groups is 2. The molecule has 1 rings (SSSR count). The van der Waals surface area contributed by atoms with E-state index in [1.807, 2.05) is 13.8 Å². The van der Waals surface area contributed by atoms with Gasteiger partial charge in [0.15, 0.2) is 0 Å². The predicted octanol–water partition coefficient (Wildman–Crippen LogP) is 3.34. The Morgan fingerprint density at radius 2 is 2.00 bits per heavy atom. The van der Waals surface area contributed by atoms with Crippen molar-refractivity contribution in [2.75, 3.05) is 6.61 Å². The standard InChI is InChI=1S/C14H20BrNO5/c1-4-14(18,5-2)8-21-13-11(9(3)17)6-10(15)7-12(13)16(19)20/h6-7,9,17-18H,4-5,8H2,1-3H3/t9-/m1/s1. The fourth-order valence-electron chi connectivity index (χ4n) is 1.86. The highest BCUT2D eigenvalue weighted by atomic mass is 79.9. The van der Waals surface area contributed by atoms with Crippen LogP contribution >= 0.6 is 15.9 Å². The van der Waals surface area contributed by atoms with Gasteiger partial charge < -0.3 is 14.9 Å². The molecule has 6 nitrogen and oxygen atoms in total. The van der Waals surface area contributed by atoms with E-state index in [-0.39, 0.29) is 18.0 Å². The van der Waals surface area contributed by atoms with Crippen LogP contribution in [0.2, 0.25) is 0 Å². The third-order valence-electron chi connectivity index (χ3n) is 3.51. The van der Waals surface area contributed by atoms with Gasteiger partial charge in [0.05, 0.1) is 16.6 Å². The molecule has 0 saturated carbocycles. The number of benzene rings is 1. The number of halogens is 1. The summed E-state index contributed by atoms with van der Waals surface area (Å²) in [5.41, 5.74) is -0.975. The van der Waals surface area contributed by atoms with Crippen LogP contribution in [0.15, 0.2) is 16.6 Å². The van der Waals surface area contributed by atoms with Crippen molar-refractivity contribution < 1.29 is 19.9 Å². The van der Waals surface area contributed by atoms with Crippen molar-refractivity contribution in [3.8, 4) is 5.75 Å². The summed E-state index contributed by atoms with van der Waals surface area (Å²) in [6.45, 7) is 5.07. The molecule has 0 bridgehead atoms. The first-order valence-electron chi connectivity index (χ1n) is 6.75. The normalized spacial score (nSPS) is 13.0. The number of nitro benzene ring substituents is 1. The van der Waals surface area contributed by atoms with E-state index in [2.05, 4.69) is 15.9 Å². The van der Waals surface area contributed by atoms with E-state index in [9.17, 15) is 20.3 Å². The average Bonchev–Trinajstić information content (AvgIpc) is 2.44. The molecule has 21 heavy (non-hydrogen) atoms. The van der Waals surface area contributed by atoms with E-state index in [0.29, 0.717) is 22.9 Å². The van der Waals surface area contributed by atoms with Gasteiger partial charge in [-0.15, -0.1) is 0 Å². The predicted molar refractivity (Wildman–Crippen MR) is 82.5 cm³/mol. The first-order valence-corrected chi connectivity index (χ1v) is 7.54. The van der Waals surface area contributed by atoms with Crippen molar-refractivity contribution in [2.45, 2.75) is 45.3 Å². The van der Waals surface area contributed by atoms with Gasteiger partial charge in [-0.05, 0) is 25.8 Å². The molecular formula is C14H20BrNO5. The smallest absolute Gasteiger partial charge is 0.312 e. The maximum atomic E-state index is 11.2. The van der Waals surface area contributed by atoms with Crippen LogP contribution in [0.3, 0.4) is 0 Å². The molecule has 0 aromatic heterocycles. The molecule has 7 heteroatoms. The largest absolute Gasteiger partial charge is 0.483 e. The van der Waals surface area contributed by atoms with Crippen molar-refractivity contribution in [3.63, 3.8) is 0 Å². The van der Waals surface area contributed by atoms with E-state index < -0.39 is 16.6 Å². The van der Waals surface area contributed by atoms with Crippen molar-refractivity contribution >= 4 is 21.6 Å². The number of aliphatic hydroxyl groups excluding tert-OH is 1. The van der Waals surface area contributed by atoms with Crippen LogP contribution in [0.5, 0.6) is 5.75 Å². The Kier molecular flexibility index (Phi) is 6.12. The van der Waals surface area contributed by atoms with Gasteiger partial charge in [-0.3, -0.25) is 10.1 Å². The van der Waals surface area contributed by atoms with Crippen molar-refractivity contribution in [1.82, 2.24) is 0 Å². The maximum absolute atomic E-state index is 11.2. The van der Waals surface area contributed by atoms with Gasteiger partial charge in [0.2, 0.25) is 5.75 Å². The second-order valence-corrected chi connectivity index (χ2v) is 5.91. The van der Waals surface area contributed by atoms with Gasteiger partial charge in [0, 0.05) is 16.1 Å². The third kappa shape index (κ3) is 4.39. The highest BCUT2D eigenvalue weighted by molar-refractivity contribution is 9.10. The zero-order valence-corrected chi connectivity index (χ0v) is 13.9. The molecular weight excluding hydrogens is 342 g/mol. The van der Waals surface area contributed by atoms with E-state index in [1.54, 1.807) is 6.07 Å². The average molecular weight is 362 g/mol. The zero-order chi connectivity index (χ0) is 16.2. The molecule has 0 aliphatic rings. The number of nitrogens with zero attached hydrogens (tertiary/aromatic N) is 1. The van der Waals surface area contributed by atoms with Crippen LogP contribution in [0.4, 0.5) is 5.69 Å². The summed E-state index contributed by atoms with van der Waals surface area (Å²) < 4.78 is 6.01. The van der Waals surface area contributed by atoms with Crippen LogP contribution in [0.25, 0.3) is 0 Å². The molecule has 0 fully saturated rings. The molecule has 0 heterocycles. The lowest BCUT2D eigenvalue weighted by molar-refractivity contribution is -0.386. The van der Waals surface area contributed by atoms with E-state index >= 15 is 0 Å². The van der Waals surface area contributed by atoms with Gasteiger partial charge in [-0.25, -0.2) is 0 Å². The Balaban J connectivity index is 3.22. The van der Waals surface area contributed by atoms with Crippen LogP contribution in [0.1, 0.15) is 45.3 Å². The zero-order valence-electron chi connectivity index (χ0n) is 12.3. The van der Waals surface area contributed by atoms with Gasteiger partial charge in [0.1, 0.15) is 6.61 Å². The molecule has 0 radical (unpaired) electrons. The van der Waals surface area contributed by atoms with Gasteiger partial charge in [-0.1, -0.05) is 29.8 Å². The van der Waals surface area contributed by atoms with Crippen molar-refractivity contribution in [3.05, 3.63) is 32.3 Å². The quantitative estimate of drug-likeness (QED) is 0.573. The van der Waals surface area contributed by atoms with Crippen molar-refractivity contribution in [2.24, 2.45) is 0 Å². The van der Waals surface area contributed by atoms with Crippen LogP contribution < -0.4 is 4.74 Å². The Morgan fingerprint density at radius 1 is 1.43 bits per heavy atom. The Hall–Kier alpha value is -1.18. The molecule has 2 N–H and O–H groups in total. The summed E-state index contributed by atoms with van der Waals surface area (Å²) in [5.74, 6) is -0.00137. The SMILES string of the molecule is CCC(O)(CC)COc1c([C@@H](C)O)cc(Br)cc1[N+](=O)[O-]. The highest BCUT2D eigenvalue weighted by Gasteiger charge is 2.28. The summed E-state index contributed by atoms with van der Waals surface area (Å²) in [4.78, 5) is 10.6. The fraction of sp³-hybridized carbons (Fsp3) is 0.571. The lowest BCUT2D eigenvalue weighted by Gasteiger charge is -2.26. The third-order valence-corrected chi connectivity index (χ3v) is 3.97. The van der Waals surface area contributed by atoms with E-state index in [0.717, 1.165) is 0 Å². The maximum Gasteiger partial charge on any atom is 0.312 e. The molecule has 0 amide bonds. The van der Waals surface area contributed by atoms with Crippen LogP contribution in [0, 0.1) is 10.1 Å². The monoisotopic (exact) mass is 361 g/mol. The molecule has 1 aromatic rings. The number of rotatable bonds is 7. The Morgan fingerprint density at radius 3 is 2.43 bits per heavy atom. The first kappa shape index (κ1) is 17.9. The summed E-state index contributed by atoms with van der Waals surface area (Å²) in [5, 5.41) is 31.2. The number of ether oxygens (including phenoxy) is 1. The minimum Gasteiger partial charge on any atom is -0.483 e. The minimum atomic E-state index is -1.04. The number of hydrogen-bond acceptors (Lipinski definition) is 5. The Labute approximate surface area is 132 Å². The van der Waals surface area contributed by atoms with Gasteiger partial charge in [-0.2, -0.15) is 0 Å². The number of hydrogen-bond donors (Lipinski definition) is 2. The molecule has 118 valence electrons. The van der Waals surface area contributed by atoms with E-state index in [4.69, 9.17) is 4.74 Å². The minimum absolute atomic E-state index is 0.00137. The Bertz CT molecular complexity index is 514. The van der Waals surface area contributed by atoms with E-state index in [1.165, 1.54) is 13.0 Å². The van der Waals surface area contributed by atoms with Gasteiger partial charge >= 0.3 is 5.69 Å². The topological polar surface area (TPSA) is 92.8 Å². The summed E-state index contributed by atoms with van der Waals surface area (Å²) in [6.07, 6.45) is 0.0166. The van der Waals surface area contributed by atoms with Crippen LogP contribution in [-0.2, 0) is 0 Å². The van der Waals surface area contributed by atoms with Crippen molar-refractivity contribution in [1.29, 1.82) is 0 Å². The fourth-order valence-corrected chi connectivity index (χ4v) is 2.33. The molecule has 0 unspecified atom stereocenters. The molecule has 0 saturated heterocycles. The van der Waals surface area contributed by atoms with Crippen LogP contribution in [-0.4, -0.2) is 27.3 Å². The molecule has 1 aromatic carbocycles. The lowest BCUT2D eigenvalue weighted by Crippen LogP contribution is -2.34. The lowest BCUT2D eigenvalue weighted by atomic mass is 9.99. The summed E-state index contributed by atoms with van der Waals surface area (Å²) in [6, 6.07) is 2.89. The molecule has 0 aliphatic heterocycles. The first-order chi connectivity index (χ1) is 9.74. The highest BCUT2D eigenvalue weighted by Crippen LogP contribution is 2.38. The molecule has 1 atom stereocenters. The second kappa shape index (κ2) is 7.20. The summed E-state index contributed by atoms with van der Waals surface area (Å²) in [7, 11) is 0.